The Balaban J connectivity index is 1.60. The molecule has 1 saturated heterocycles. The standard InChI is InChI=1S/C23H33NOS/c1-18(22-10-7-15-26-22)24-13-11-20(16-19-8-5-4-6-9-19)21-12-14-25-23(2,3)17-21/h4-10,15,18,20-21,24H,11-14,16-17H2,1-3H3/p+1/t18-,20-,21+/m0/s1. The first-order valence-corrected chi connectivity index (χ1v) is 11.0. The zero-order valence-corrected chi connectivity index (χ0v) is 17.3. The van der Waals surface area contributed by atoms with Crippen molar-refractivity contribution in [2.24, 2.45) is 11.8 Å². The van der Waals surface area contributed by atoms with Gasteiger partial charge in [0, 0.05) is 6.61 Å². The molecule has 0 unspecified atom stereocenters. The predicted octanol–water partition coefficient (Wildman–Crippen LogP) is 4.83. The maximum absolute atomic E-state index is 5.98. The molecule has 2 heterocycles. The number of hydrogen-bond acceptors (Lipinski definition) is 2. The molecule has 142 valence electrons. The third-order valence-electron chi connectivity index (χ3n) is 5.79. The van der Waals surface area contributed by atoms with Crippen molar-refractivity contribution in [1.82, 2.24) is 0 Å². The summed E-state index contributed by atoms with van der Waals surface area (Å²) in [6.07, 6.45) is 4.88. The van der Waals surface area contributed by atoms with E-state index >= 15 is 0 Å². The van der Waals surface area contributed by atoms with Crippen LogP contribution in [0.4, 0.5) is 0 Å². The topological polar surface area (TPSA) is 25.8 Å². The normalized spacial score (nSPS) is 22.0. The second-order valence-electron chi connectivity index (χ2n) is 8.43. The van der Waals surface area contributed by atoms with Crippen molar-refractivity contribution in [2.75, 3.05) is 13.2 Å². The Hall–Kier alpha value is -1.16. The average molecular weight is 373 g/mol. The zero-order valence-electron chi connectivity index (χ0n) is 16.5. The number of thiophene rings is 1. The Morgan fingerprint density at radius 2 is 2.00 bits per heavy atom. The molecule has 3 atom stereocenters. The van der Waals surface area contributed by atoms with E-state index in [1.807, 2.05) is 11.3 Å². The van der Waals surface area contributed by atoms with E-state index in [0.29, 0.717) is 6.04 Å². The molecule has 0 radical (unpaired) electrons. The largest absolute Gasteiger partial charge is 0.376 e. The van der Waals surface area contributed by atoms with Crippen LogP contribution in [0.25, 0.3) is 0 Å². The van der Waals surface area contributed by atoms with Crippen LogP contribution in [0.15, 0.2) is 47.8 Å². The fourth-order valence-corrected chi connectivity index (χ4v) is 5.11. The third kappa shape index (κ3) is 5.67. The molecule has 0 saturated carbocycles. The molecule has 1 aromatic carbocycles. The molecule has 1 aliphatic rings. The summed E-state index contributed by atoms with van der Waals surface area (Å²) in [7, 11) is 0. The number of rotatable bonds is 8. The molecule has 1 aliphatic heterocycles. The van der Waals surface area contributed by atoms with Crippen molar-refractivity contribution < 1.29 is 10.1 Å². The molecule has 2 N–H and O–H groups in total. The highest BCUT2D eigenvalue weighted by atomic mass is 32.1. The van der Waals surface area contributed by atoms with Crippen molar-refractivity contribution in [3.8, 4) is 0 Å². The van der Waals surface area contributed by atoms with Gasteiger partial charge in [0.05, 0.1) is 17.0 Å². The molecular weight excluding hydrogens is 338 g/mol. The molecular formula is C23H34NOS+. The van der Waals surface area contributed by atoms with Gasteiger partial charge in [-0.05, 0) is 75.3 Å². The van der Waals surface area contributed by atoms with Gasteiger partial charge in [0.25, 0.3) is 0 Å². The second-order valence-corrected chi connectivity index (χ2v) is 9.41. The van der Waals surface area contributed by atoms with Gasteiger partial charge in [0.2, 0.25) is 0 Å². The van der Waals surface area contributed by atoms with Gasteiger partial charge in [-0.2, -0.15) is 0 Å². The fraction of sp³-hybridized carbons (Fsp3) is 0.565. The van der Waals surface area contributed by atoms with Crippen LogP contribution in [-0.2, 0) is 11.2 Å². The van der Waals surface area contributed by atoms with Gasteiger partial charge in [-0.25, -0.2) is 0 Å². The number of benzene rings is 1. The molecule has 1 fully saturated rings. The van der Waals surface area contributed by atoms with Crippen molar-refractivity contribution in [3.05, 3.63) is 58.3 Å². The molecule has 26 heavy (non-hydrogen) atoms. The van der Waals surface area contributed by atoms with Crippen molar-refractivity contribution in [2.45, 2.75) is 58.1 Å². The zero-order chi connectivity index (χ0) is 18.4. The van der Waals surface area contributed by atoms with Crippen LogP contribution >= 0.6 is 11.3 Å². The van der Waals surface area contributed by atoms with Crippen LogP contribution in [0, 0.1) is 11.8 Å². The van der Waals surface area contributed by atoms with Crippen LogP contribution in [0.2, 0.25) is 0 Å². The molecule has 3 rings (SSSR count). The van der Waals surface area contributed by atoms with Crippen LogP contribution in [0.1, 0.15) is 56.5 Å². The van der Waals surface area contributed by atoms with Gasteiger partial charge in [-0.1, -0.05) is 36.4 Å². The second kappa shape index (κ2) is 9.16. The van der Waals surface area contributed by atoms with E-state index in [1.54, 1.807) is 0 Å². The molecule has 2 aromatic rings. The van der Waals surface area contributed by atoms with Crippen molar-refractivity contribution in [3.63, 3.8) is 0 Å². The molecule has 0 bridgehead atoms. The molecule has 0 amide bonds. The Kier molecular flexibility index (Phi) is 6.91. The van der Waals surface area contributed by atoms with E-state index in [2.05, 4.69) is 73.9 Å². The lowest BCUT2D eigenvalue weighted by molar-refractivity contribution is -0.693. The summed E-state index contributed by atoms with van der Waals surface area (Å²) in [5.41, 5.74) is 1.51. The summed E-state index contributed by atoms with van der Waals surface area (Å²) < 4.78 is 5.98. The smallest absolute Gasteiger partial charge is 0.118 e. The van der Waals surface area contributed by atoms with Gasteiger partial charge >= 0.3 is 0 Å². The Morgan fingerprint density at radius 1 is 1.19 bits per heavy atom. The van der Waals surface area contributed by atoms with Gasteiger partial charge in [0.1, 0.15) is 6.04 Å². The molecule has 2 nitrogen and oxygen atoms in total. The minimum Gasteiger partial charge on any atom is -0.376 e. The van der Waals surface area contributed by atoms with Gasteiger partial charge in [0.15, 0.2) is 0 Å². The maximum Gasteiger partial charge on any atom is 0.118 e. The first kappa shape index (κ1) is 19.6. The first-order valence-electron chi connectivity index (χ1n) is 10.1. The van der Waals surface area contributed by atoms with Crippen molar-refractivity contribution >= 4 is 11.3 Å². The minimum atomic E-state index is 0.0336. The van der Waals surface area contributed by atoms with Gasteiger partial charge in [-0.3, -0.25) is 0 Å². The van der Waals surface area contributed by atoms with Crippen LogP contribution in [-0.4, -0.2) is 18.8 Å². The van der Waals surface area contributed by atoms with Crippen LogP contribution in [0.5, 0.6) is 0 Å². The number of hydrogen-bond donors (Lipinski definition) is 1. The summed E-state index contributed by atoms with van der Waals surface area (Å²) >= 11 is 1.87. The number of quaternary nitrogens is 1. The van der Waals surface area contributed by atoms with Crippen LogP contribution in [0.3, 0.4) is 0 Å². The molecule has 0 spiro atoms. The van der Waals surface area contributed by atoms with Gasteiger partial charge in [-0.15, -0.1) is 11.3 Å². The number of ether oxygens (including phenoxy) is 1. The fourth-order valence-electron chi connectivity index (χ4n) is 4.33. The lowest BCUT2D eigenvalue weighted by atomic mass is 9.75. The molecule has 1 aromatic heterocycles. The van der Waals surface area contributed by atoms with E-state index in [9.17, 15) is 0 Å². The average Bonchev–Trinajstić information content (AvgIpc) is 3.15. The highest BCUT2D eigenvalue weighted by Gasteiger charge is 2.33. The van der Waals surface area contributed by atoms with E-state index in [4.69, 9.17) is 4.74 Å². The van der Waals surface area contributed by atoms with E-state index in [-0.39, 0.29) is 5.60 Å². The Morgan fingerprint density at radius 3 is 2.69 bits per heavy atom. The van der Waals surface area contributed by atoms with E-state index < -0.39 is 0 Å². The van der Waals surface area contributed by atoms with Gasteiger partial charge < -0.3 is 10.1 Å². The Bertz CT molecular complexity index is 637. The minimum absolute atomic E-state index is 0.0336. The van der Waals surface area contributed by atoms with Crippen LogP contribution < -0.4 is 5.32 Å². The summed E-state index contributed by atoms with van der Waals surface area (Å²) in [5, 5.41) is 4.70. The van der Waals surface area contributed by atoms with Crippen molar-refractivity contribution in [1.29, 1.82) is 0 Å². The first-order chi connectivity index (χ1) is 12.5. The summed E-state index contributed by atoms with van der Waals surface area (Å²) in [6.45, 7) is 8.95. The highest BCUT2D eigenvalue weighted by Crippen LogP contribution is 2.36. The lowest BCUT2D eigenvalue weighted by Gasteiger charge is -2.39. The summed E-state index contributed by atoms with van der Waals surface area (Å²) in [5.74, 6) is 1.51. The summed E-state index contributed by atoms with van der Waals surface area (Å²) in [4.78, 5) is 1.48. The van der Waals surface area contributed by atoms with E-state index in [0.717, 1.165) is 18.4 Å². The summed E-state index contributed by atoms with van der Waals surface area (Å²) in [6, 6.07) is 16.0. The lowest BCUT2D eigenvalue weighted by Crippen LogP contribution is -2.84. The highest BCUT2D eigenvalue weighted by molar-refractivity contribution is 7.10. The quantitative estimate of drug-likeness (QED) is 0.706. The monoisotopic (exact) mass is 372 g/mol. The third-order valence-corrected chi connectivity index (χ3v) is 6.87. The predicted molar refractivity (Wildman–Crippen MR) is 111 cm³/mol. The molecule has 3 heteroatoms. The maximum atomic E-state index is 5.98. The number of nitrogens with two attached hydrogens (primary N) is 1. The van der Waals surface area contributed by atoms with E-state index in [1.165, 1.54) is 42.7 Å². The SMILES string of the molecule is C[C@H]([NH2+]CC[C@@H](Cc1ccccc1)[C@@H]1CCOC(C)(C)C1)c1cccs1. The Labute approximate surface area is 163 Å². The molecule has 0 aliphatic carbocycles.